The lowest BCUT2D eigenvalue weighted by atomic mass is 9.94. The molecule has 1 aromatic heterocycles. The van der Waals surface area contributed by atoms with E-state index in [1.807, 2.05) is 44.2 Å². The predicted octanol–water partition coefficient (Wildman–Crippen LogP) is 6.55. The van der Waals surface area contributed by atoms with Crippen molar-refractivity contribution in [2.24, 2.45) is 5.92 Å². The number of benzene rings is 2. The second-order valence-electron chi connectivity index (χ2n) is 8.82. The van der Waals surface area contributed by atoms with E-state index in [1.54, 1.807) is 33.5 Å². The summed E-state index contributed by atoms with van der Waals surface area (Å²) >= 11 is 0. The number of hydrogen-bond acceptors (Lipinski definition) is 6. The Morgan fingerprint density at radius 1 is 1.06 bits per heavy atom. The van der Waals surface area contributed by atoms with Crippen molar-refractivity contribution >= 4 is 17.0 Å². The van der Waals surface area contributed by atoms with Gasteiger partial charge >= 0.3 is 0 Å². The maximum atomic E-state index is 14.0. The van der Waals surface area contributed by atoms with Crippen LogP contribution in [0, 0.1) is 5.92 Å². The molecule has 0 N–H and O–H groups in total. The van der Waals surface area contributed by atoms with Crippen LogP contribution in [0.5, 0.6) is 23.0 Å². The maximum absolute atomic E-state index is 14.0. The molecule has 3 aromatic rings. The summed E-state index contributed by atoms with van der Waals surface area (Å²) in [5.41, 5.74) is 3.03. The third kappa shape index (κ3) is 4.04. The molecule has 0 spiro atoms. The van der Waals surface area contributed by atoms with E-state index >= 15 is 0 Å². The molecule has 0 fully saturated rings. The van der Waals surface area contributed by atoms with Gasteiger partial charge in [-0.1, -0.05) is 31.6 Å². The predicted molar refractivity (Wildman–Crippen MR) is 134 cm³/mol. The van der Waals surface area contributed by atoms with E-state index in [0.29, 0.717) is 62.3 Å². The van der Waals surface area contributed by atoms with Gasteiger partial charge in [-0.15, -0.1) is 0 Å². The van der Waals surface area contributed by atoms with Crippen molar-refractivity contribution in [2.45, 2.75) is 33.8 Å². The Kier molecular flexibility index (Phi) is 6.42. The number of methoxy groups -OCH3 is 3. The lowest BCUT2D eigenvalue weighted by Gasteiger charge is -2.27. The summed E-state index contributed by atoms with van der Waals surface area (Å²) in [6.07, 6.45) is 5.26. The van der Waals surface area contributed by atoms with Gasteiger partial charge in [0.25, 0.3) is 0 Å². The fourth-order valence-electron chi connectivity index (χ4n) is 4.14. The topological polar surface area (TPSA) is 67.1 Å². The molecule has 6 nitrogen and oxygen atoms in total. The Morgan fingerprint density at radius 3 is 2.44 bits per heavy atom. The first-order chi connectivity index (χ1) is 16.3. The second kappa shape index (κ2) is 9.29. The van der Waals surface area contributed by atoms with E-state index < -0.39 is 6.10 Å². The zero-order valence-electron chi connectivity index (χ0n) is 20.6. The molecule has 1 aliphatic rings. The van der Waals surface area contributed by atoms with Crippen LogP contribution in [-0.2, 0) is 0 Å². The van der Waals surface area contributed by atoms with Crippen LogP contribution in [0.15, 0.2) is 51.2 Å². The summed E-state index contributed by atoms with van der Waals surface area (Å²) in [5.74, 6) is 3.01. The van der Waals surface area contributed by atoms with Gasteiger partial charge in [0.1, 0.15) is 45.8 Å². The Balaban J connectivity index is 2.11. The number of ether oxygens (including phenoxy) is 4. The van der Waals surface area contributed by atoms with E-state index in [2.05, 4.69) is 13.8 Å². The monoisotopic (exact) mass is 462 g/mol. The van der Waals surface area contributed by atoms with Gasteiger partial charge in [-0.3, -0.25) is 4.79 Å². The van der Waals surface area contributed by atoms with Crippen LogP contribution in [0.4, 0.5) is 0 Å². The Bertz CT molecular complexity index is 1360. The minimum Gasteiger partial charge on any atom is -0.497 e. The summed E-state index contributed by atoms with van der Waals surface area (Å²) < 4.78 is 29.4. The van der Waals surface area contributed by atoms with E-state index in [0.717, 1.165) is 5.57 Å². The molecule has 34 heavy (non-hydrogen) atoms. The van der Waals surface area contributed by atoms with Gasteiger partial charge in [0.2, 0.25) is 5.43 Å². The second-order valence-corrected chi connectivity index (χ2v) is 8.82. The minimum absolute atomic E-state index is 0.195. The van der Waals surface area contributed by atoms with E-state index in [4.69, 9.17) is 23.4 Å². The van der Waals surface area contributed by atoms with Crippen LogP contribution in [0.3, 0.4) is 0 Å². The molecular formula is C28H30O6. The first kappa shape index (κ1) is 23.5. The van der Waals surface area contributed by atoms with Crippen molar-refractivity contribution in [1.82, 2.24) is 0 Å². The molecule has 0 saturated heterocycles. The summed E-state index contributed by atoms with van der Waals surface area (Å²) in [7, 11) is 4.74. The molecule has 178 valence electrons. The molecule has 1 atom stereocenters. The standard InChI is InChI=1S/C28H30O6/c1-15(2)8-10-18-20(31-6)14-23-24(27(18)32-7)26(29)25-22(12-16(3)4)33-21-13-17(30-5)9-11-19(21)28(25)34-23/h8-15,22H,1-7H3. The fourth-order valence-corrected chi connectivity index (χ4v) is 4.14. The normalized spacial score (nSPS) is 14.5. The first-order valence-corrected chi connectivity index (χ1v) is 11.2. The van der Waals surface area contributed by atoms with Gasteiger partial charge in [0.05, 0.1) is 38.0 Å². The molecule has 4 rings (SSSR count). The van der Waals surface area contributed by atoms with Gasteiger partial charge in [0.15, 0.2) is 0 Å². The lowest BCUT2D eigenvalue weighted by molar-refractivity contribution is 0.243. The number of hydrogen-bond donors (Lipinski definition) is 0. The van der Waals surface area contributed by atoms with Gasteiger partial charge < -0.3 is 23.4 Å². The molecule has 1 unspecified atom stereocenters. The molecule has 0 radical (unpaired) electrons. The van der Waals surface area contributed by atoms with E-state index in [1.165, 1.54) is 0 Å². The highest BCUT2D eigenvalue weighted by Gasteiger charge is 2.33. The van der Waals surface area contributed by atoms with Crippen LogP contribution in [-0.4, -0.2) is 21.3 Å². The van der Waals surface area contributed by atoms with Gasteiger partial charge in [0, 0.05) is 12.1 Å². The zero-order chi connectivity index (χ0) is 24.6. The molecule has 0 bridgehead atoms. The van der Waals surface area contributed by atoms with Crippen molar-refractivity contribution in [3.8, 4) is 34.3 Å². The van der Waals surface area contributed by atoms with Crippen molar-refractivity contribution in [3.05, 3.63) is 63.3 Å². The molecule has 0 amide bonds. The summed E-state index contributed by atoms with van der Waals surface area (Å²) in [6.45, 7) is 8.09. The zero-order valence-corrected chi connectivity index (χ0v) is 20.6. The fraction of sp³-hybridized carbons (Fsp3) is 0.321. The largest absolute Gasteiger partial charge is 0.497 e. The van der Waals surface area contributed by atoms with Crippen molar-refractivity contribution < 1.29 is 23.4 Å². The van der Waals surface area contributed by atoms with Crippen molar-refractivity contribution in [1.29, 1.82) is 0 Å². The average Bonchev–Trinajstić information content (AvgIpc) is 2.80. The molecule has 0 aliphatic carbocycles. The van der Waals surface area contributed by atoms with E-state index in [-0.39, 0.29) is 5.43 Å². The molecule has 0 saturated carbocycles. The molecular weight excluding hydrogens is 432 g/mol. The molecule has 6 heteroatoms. The van der Waals surface area contributed by atoms with Crippen molar-refractivity contribution in [2.75, 3.05) is 21.3 Å². The molecule has 1 aliphatic heterocycles. The summed E-state index contributed by atoms with van der Waals surface area (Å²) in [6, 6.07) is 7.20. The highest BCUT2D eigenvalue weighted by atomic mass is 16.5. The Labute approximate surface area is 199 Å². The van der Waals surface area contributed by atoms with Gasteiger partial charge in [-0.2, -0.15) is 0 Å². The average molecular weight is 463 g/mol. The first-order valence-electron chi connectivity index (χ1n) is 11.2. The highest BCUT2D eigenvalue weighted by molar-refractivity contribution is 5.93. The van der Waals surface area contributed by atoms with E-state index in [9.17, 15) is 4.79 Å². The molecule has 2 heterocycles. The van der Waals surface area contributed by atoms with Crippen LogP contribution < -0.4 is 24.4 Å². The van der Waals surface area contributed by atoms with Gasteiger partial charge in [-0.05, 0) is 38.0 Å². The third-order valence-corrected chi connectivity index (χ3v) is 5.70. The maximum Gasteiger partial charge on any atom is 0.204 e. The quantitative estimate of drug-likeness (QED) is 0.387. The summed E-state index contributed by atoms with van der Waals surface area (Å²) in [5, 5.41) is 0.359. The number of rotatable bonds is 6. The Hall–Kier alpha value is -3.67. The Morgan fingerprint density at radius 2 is 1.82 bits per heavy atom. The van der Waals surface area contributed by atoms with Crippen LogP contribution in [0.25, 0.3) is 28.4 Å². The van der Waals surface area contributed by atoms with Crippen LogP contribution >= 0.6 is 0 Å². The van der Waals surface area contributed by atoms with Crippen LogP contribution in [0.1, 0.15) is 44.9 Å². The molecule has 2 aromatic carbocycles. The van der Waals surface area contributed by atoms with Gasteiger partial charge in [-0.25, -0.2) is 0 Å². The third-order valence-electron chi connectivity index (χ3n) is 5.70. The van der Waals surface area contributed by atoms with Crippen molar-refractivity contribution in [3.63, 3.8) is 0 Å². The van der Waals surface area contributed by atoms with Crippen LogP contribution in [0.2, 0.25) is 0 Å². The summed E-state index contributed by atoms with van der Waals surface area (Å²) in [4.78, 5) is 14.0. The minimum atomic E-state index is -0.610. The number of allylic oxidation sites excluding steroid dienone is 2. The lowest BCUT2D eigenvalue weighted by Crippen LogP contribution is -2.22. The SMILES string of the molecule is COc1ccc2c(c1)OC(C=C(C)C)c1c-2oc2cc(OC)c(C=CC(C)C)c(OC)c2c1=O. The number of fused-ring (bicyclic) bond motifs is 4. The smallest absolute Gasteiger partial charge is 0.204 e. The highest BCUT2D eigenvalue weighted by Crippen LogP contribution is 2.46.